The predicted octanol–water partition coefficient (Wildman–Crippen LogP) is 0.153. The van der Waals surface area contributed by atoms with Crippen LogP contribution >= 0.6 is 0 Å². The molecule has 1 fully saturated rings. The minimum absolute atomic E-state index is 0.00491. The van der Waals surface area contributed by atoms with Crippen molar-refractivity contribution in [3.8, 4) is 0 Å². The van der Waals surface area contributed by atoms with Gasteiger partial charge in [0.15, 0.2) is 5.78 Å². The monoisotopic (exact) mass is 169 g/mol. The number of aliphatic hydroxyl groups is 1. The van der Waals surface area contributed by atoms with Crippen LogP contribution in [0.1, 0.15) is 13.8 Å². The fourth-order valence-corrected chi connectivity index (χ4v) is 1.01. The molecule has 2 N–H and O–H groups in total. The molecule has 1 amide bonds. The highest BCUT2D eigenvalue weighted by molar-refractivity contribution is 6.25. The van der Waals surface area contributed by atoms with Crippen LogP contribution in [0.5, 0.6) is 0 Å². The number of Topliss-reactive ketones (excluding diaryl/α,β-unsaturated/α-hetero) is 1. The van der Waals surface area contributed by atoms with Gasteiger partial charge in [-0.3, -0.25) is 9.59 Å². The van der Waals surface area contributed by atoms with Gasteiger partial charge in [0.25, 0.3) is 5.91 Å². The third-order valence-corrected chi connectivity index (χ3v) is 1.72. The number of hydrogen-bond acceptors (Lipinski definition) is 3. The summed E-state index contributed by atoms with van der Waals surface area (Å²) in [6, 6.07) is 0. The molecule has 0 aromatic carbocycles. The first-order valence-corrected chi connectivity index (χ1v) is 3.78. The summed E-state index contributed by atoms with van der Waals surface area (Å²) in [6.45, 7) is 3.45. The summed E-state index contributed by atoms with van der Waals surface area (Å²) >= 11 is 0. The molecule has 4 heteroatoms. The Balaban J connectivity index is 3.06. The minimum atomic E-state index is -0.466. The molecule has 0 atom stereocenters. The zero-order valence-corrected chi connectivity index (χ0v) is 7.05. The first-order valence-electron chi connectivity index (χ1n) is 3.78. The van der Waals surface area contributed by atoms with E-state index < -0.39 is 5.91 Å². The van der Waals surface area contributed by atoms with Gasteiger partial charge >= 0.3 is 0 Å². The van der Waals surface area contributed by atoms with Gasteiger partial charge < -0.3 is 10.4 Å². The number of carbonyl (C=O) groups excluding carboxylic acids is 2. The van der Waals surface area contributed by atoms with Crippen molar-refractivity contribution in [1.29, 1.82) is 0 Å². The van der Waals surface area contributed by atoms with Crippen molar-refractivity contribution < 1.29 is 14.7 Å². The Morgan fingerprint density at radius 3 is 2.42 bits per heavy atom. The van der Waals surface area contributed by atoms with Gasteiger partial charge in [0, 0.05) is 5.92 Å². The lowest BCUT2D eigenvalue weighted by Crippen LogP contribution is -2.15. The third-order valence-electron chi connectivity index (χ3n) is 1.72. The van der Waals surface area contributed by atoms with Crippen molar-refractivity contribution in [2.75, 3.05) is 6.54 Å². The van der Waals surface area contributed by atoms with E-state index in [1.807, 2.05) is 0 Å². The Bertz CT molecular complexity index is 247. The van der Waals surface area contributed by atoms with Crippen LogP contribution in [0.25, 0.3) is 0 Å². The summed E-state index contributed by atoms with van der Waals surface area (Å²) in [6.07, 6.45) is 0. The number of carbonyl (C=O) groups is 2. The lowest BCUT2D eigenvalue weighted by Gasteiger charge is -2.04. The molecule has 1 heterocycles. The van der Waals surface area contributed by atoms with E-state index in [0.29, 0.717) is 0 Å². The van der Waals surface area contributed by atoms with Gasteiger partial charge in [0.1, 0.15) is 11.3 Å². The van der Waals surface area contributed by atoms with Gasteiger partial charge in [0.05, 0.1) is 6.54 Å². The predicted molar refractivity (Wildman–Crippen MR) is 42.5 cm³/mol. The normalized spacial score (nSPS) is 21.6. The highest BCUT2D eigenvalue weighted by atomic mass is 16.3. The smallest absolute Gasteiger partial charge is 0.258 e. The molecular formula is C8H11NO3. The third kappa shape index (κ3) is 1.32. The highest BCUT2D eigenvalue weighted by Crippen LogP contribution is 2.15. The molecule has 1 saturated heterocycles. The Morgan fingerprint density at radius 1 is 1.50 bits per heavy atom. The molecular weight excluding hydrogens is 158 g/mol. The van der Waals surface area contributed by atoms with E-state index in [9.17, 15) is 14.7 Å². The van der Waals surface area contributed by atoms with Crippen LogP contribution < -0.4 is 5.32 Å². The van der Waals surface area contributed by atoms with Gasteiger partial charge in [-0.1, -0.05) is 13.8 Å². The number of hydrogen-bond donors (Lipinski definition) is 2. The molecule has 1 aliphatic heterocycles. The SMILES string of the molecule is CC(C)C(O)=C1C(=O)CNC1=O. The largest absolute Gasteiger partial charge is 0.511 e. The van der Waals surface area contributed by atoms with Crippen LogP contribution in [0, 0.1) is 5.92 Å². The standard InChI is InChI=1S/C8H11NO3/c1-4(2)7(11)6-5(10)3-9-8(6)12/h4,11H,3H2,1-2H3,(H,9,12). The maximum absolute atomic E-state index is 11.0. The molecule has 1 aliphatic rings. The van der Waals surface area contributed by atoms with Crippen LogP contribution in [-0.4, -0.2) is 23.3 Å². The van der Waals surface area contributed by atoms with Crippen molar-refractivity contribution in [3.05, 3.63) is 11.3 Å². The maximum Gasteiger partial charge on any atom is 0.258 e. The molecule has 0 spiro atoms. The fourth-order valence-electron chi connectivity index (χ4n) is 1.01. The molecule has 66 valence electrons. The summed E-state index contributed by atoms with van der Waals surface area (Å²) < 4.78 is 0. The Morgan fingerprint density at radius 2 is 2.08 bits per heavy atom. The summed E-state index contributed by atoms with van der Waals surface area (Å²) in [5.74, 6) is -1.10. The van der Waals surface area contributed by atoms with E-state index in [2.05, 4.69) is 5.32 Å². The number of rotatable bonds is 1. The van der Waals surface area contributed by atoms with E-state index in [-0.39, 0.29) is 29.6 Å². The van der Waals surface area contributed by atoms with E-state index >= 15 is 0 Å². The Kier molecular flexibility index (Phi) is 2.17. The number of allylic oxidation sites excluding steroid dienone is 1. The van der Waals surface area contributed by atoms with E-state index in [0.717, 1.165) is 0 Å². The maximum atomic E-state index is 11.0. The summed E-state index contributed by atoms with van der Waals surface area (Å²) in [5.41, 5.74) is -0.0787. The van der Waals surface area contributed by atoms with Crippen molar-refractivity contribution in [2.45, 2.75) is 13.8 Å². The number of ketones is 1. The second-order valence-electron chi connectivity index (χ2n) is 3.02. The molecule has 0 unspecified atom stereocenters. The molecule has 0 radical (unpaired) electrons. The van der Waals surface area contributed by atoms with Crippen molar-refractivity contribution in [1.82, 2.24) is 5.32 Å². The molecule has 1 rings (SSSR count). The van der Waals surface area contributed by atoms with E-state index in [4.69, 9.17) is 0 Å². The molecule has 0 saturated carbocycles. The average Bonchev–Trinajstić information content (AvgIpc) is 2.30. The van der Waals surface area contributed by atoms with Crippen molar-refractivity contribution >= 4 is 11.7 Å². The van der Waals surface area contributed by atoms with Crippen LogP contribution in [0.2, 0.25) is 0 Å². The molecule has 0 aromatic rings. The average molecular weight is 169 g/mol. The molecule has 0 aliphatic carbocycles. The van der Waals surface area contributed by atoms with Crippen LogP contribution in [0.15, 0.2) is 11.3 Å². The number of amides is 1. The fraction of sp³-hybridized carbons (Fsp3) is 0.500. The van der Waals surface area contributed by atoms with Gasteiger partial charge in [0.2, 0.25) is 0 Å². The van der Waals surface area contributed by atoms with Gasteiger partial charge in [-0.05, 0) is 0 Å². The second kappa shape index (κ2) is 2.97. The highest BCUT2D eigenvalue weighted by Gasteiger charge is 2.30. The van der Waals surface area contributed by atoms with E-state index in [1.165, 1.54) is 0 Å². The second-order valence-corrected chi connectivity index (χ2v) is 3.02. The van der Waals surface area contributed by atoms with Crippen LogP contribution in [0.4, 0.5) is 0 Å². The zero-order chi connectivity index (χ0) is 9.30. The summed E-state index contributed by atoms with van der Waals surface area (Å²) in [4.78, 5) is 22.0. The first-order chi connectivity index (χ1) is 5.54. The van der Waals surface area contributed by atoms with Gasteiger partial charge in [-0.15, -0.1) is 0 Å². The lowest BCUT2D eigenvalue weighted by molar-refractivity contribution is -0.117. The molecule has 0 aromatic heterocycles. The van der Waals surface area contributed by atoms with Crippen LogP contribution in [0.3, 0.4) is 0 Å². The molecule has 0 bridgehead atoms. The topological polar surface area (TPSA) is 66.4 Å². The number of nitrogens with one attached hydrogen (secondary N) is 1. The zero-order valence-electron chi connectivity index (χ0n) is 7.05. The molecule has 4 nitrogen and oxygen atoms in total. The quantitative estimate of drug-likeness (QED) is 0.333. The molecule has 12 heavy (non-hydrogen) atoms. The number of aliphatic hydroxyl groups excluding tert-OH is 1. The van der Waals surface area contributed by atoms with E-state index in [1.54, 1.807) is 13.8 Å². The van der Waals surface area contributed by atoms with Crippen LogP contribution in [-0.2, 0) is 9.59 Å². The summed E-state index contributed by atoms with van der Waals surface area (Å²) in [5, 5.41) is 11.7. The minimum Gasteiger partial charge on any atom is -0.511 e. The van der Waals surface area contributed by atoms with Gasteiger partial charge in [-0.25, -0.2) is 0 Å². The van der Waals surface area contributed by atoms with Gasteiger partial charge in [-0.2, -0.15) is 0 Å². The Hall–Kier alpha value is -1.32. The Labute approximate surface area is 70.3 Å². The summed E-state index contributed by atoms with van der Waals surface area (Å²) in [7, 11) is 0. The lowest BCUT2D eigenvalue weighted by atomic mass is 10.1. The first kappa shape index (κ1) is 8.77. The van der Waals surface area contributed by atoms with Crippen molar-refractivity contribution in [3.63, 3.8) is 0 Å². The van der Waals surface area contributed by atoms with Crippen molar-refractivity contribution in [2.24, 2.45) is 5.92 Å².